The minimum atomic E-state index is -0.725. The second kappa shape index (κ2) is 8.62. The number of carbonyl (C=O) groups is 1. The fourth-order valence-electron chi connectivity index (χ4n) is 2.44. The van der Waals surface area contributed by atoms with Gasteiger partial charge in [-0.15, -0.1) is 0 Å². The van der Waals surface area contributed by atoms with Crippen LogP contribution in [0, 0.1) is 0 Å². The van der Waals surface area contributed by atoms with Gasteiger partial charge in [0.25, 0.3) is 0 Å². The van der Waals surface area contributed by atoms with E-state index in [1.807, 2.05) is 61.5 Å². The Bertz CT molecular complexity index is 631. The maximum atomic E-state index is 12.3. The summed E-state index contributed by atoms with van der Waals surface area (Å²) < 4.78 is 0.958. The van der Waals surface area contributed by atoms with Crippen molar-refractivity contribution in [2.75, 3.05) is 11.9 Å². The summed E-state index contributed by atoms with van der Waals surface area (Å²) in [5.74, 6) is -0.0440. The molecule has 0 aliphatic rings. The predicted molar refractivity (Wildman–Crippen MR) is 99.5 cm³/mol. The van der Waals surface area contributed by atoms with Crippen molar-refractivity contribution in [3.63, 3.8) is 0 Å². The molecule has 0 aromatic heterocycles. The highest BCUT2D eigenvalue weighted by Gasteiger charge is 2.23. The summed E-state index contributed by atoms with van der Waals surface area (Å²) in [5.41, 5.74) is 1.84. The Kier molecular flexibility index (Phi) is 6.81. The van der Waals surface area contributed by atoms with E-state index in [-0.39, 0.29) is 23.8 Å². The molecule has 3 nitrogen and oxygen atoms in total. The van der Waals surface area contributed by atoms with E-state index in [1.54, 1.807) is 4.90 Å². The van der Waals surface area contributed by atoms with Crippen molar-refractivity contribution in [2.24, 2.45) is 0 Å². The topological polar surface area (TPSA) is 40.5 Å². The maximum Gasteiger partial charge on any atom is 0.233 e. The van der Waals surface area contributed by atoms with Crippen molar-refractivity contribution in [1.29, 1.82) is 0 Å². The summed E-state index contributed by atoms with van der Waals surface area (Å²) in [5, 5.41) is 10.7. The number of hydrogen-bond acceptors (Lipinski definition) is 2. The van der Waals surface area contributed by atoms with Crippen LogP contribution in [0.5, 0.6) is 0 Å². The third-order valence-corrected chi connectivity index (χ3v) is 4.82. The highest BCUT2D eigenvalue weighted by Crippen LogP contribution is 2.25. The smallest absolute Gasteiger partial charge is 0.233 e. The summed E-state index contributed by atoms with van der Waals surface area (Å²) in [6, 6.07) is 17.2. The van der Waals surface area contributed by atoms with Gasteiger partial charge in [-0.05, 0) is 30.2 Å². The van der Waals surface area contributed by atoms with Crippen LogP contribution in [0.4, 0.5) is 0 Å². The zero-order chi connectivity index (χ0) is 16.8. The predicted octanol–water partition coefficient (Wildman–Crippen LogP) is 4.47. The van der Waals surface area contributed by atoms with Crippen LogP contribution < -0.4 is 0 Å². The highest BCUT2D eigenvalue weighted by atomic mass is 79.9. The number of aliphatic hydroxyl groups is 1. The molecule has 0 unspecified atom stereocenters. The largest absolute Gasteiger partial charge is 0.387 e. The van der Waals surface area contributed by atoms with Crippen LogP contribution >= 0.6 is 31.9 Å². The quantitative estimate of drug-likeness (QED) is 0.673. The molecule has 0 aliphatic carbocycles. The van der Waals surface area contributed by atoms with E-state index >= 15 is 0 Å². The Labute approximate surface area is 153 Å². The fraction of sp³-hybridized carbons (Fsp3) is 0.278. The molecule has 2 aromatic carbocycles. The zero-order valence-electron chi connectivity index (χ0n) is 12.8. The molecule has 1 N–H and O–H groups in total. The van der Waals surface area contributed by atoms with Gasteiger partial charge in [0, 0.05) is 4.47 Å². The monoisotopic (exact) mass is 439 g/mol. The third kappa shape index (κ3) is 4.90. The minimum Gasteiger partial charge on any atom is -0.387 e. The molecule has 122 valence electrons. The van der Waals surface area contributed by atoms with E-state index in [0.717, 1.165) is 15.6 Å². The lowest BCUT2D eigenvalue weighted by atomic mass is 10.0. The maximum absolute atomic E-state index is 12.3. The van der Waals surface area contributed by atoms with E-state index < -0.39 is 6.10 Å². The minimum absolute atomic E-state index is 0.0440. The third-order valence-electron chi connectivity index (χ3n) is 3.81. The van der Waals surface area contributed by atoms with Gasteiger partial charge >= 0.3 is 0 Å². The van der Waals surface area contributed by atoms with Crippen molar-refractivity contribution in [2.45, 2.75) is 19.1 Å². The number of amides is 1. The van der Waals surface area contributed by atoms with Gasteiger partial charge in [-0.25, -0.2) is 0 Å². The fourth-order valence-corrected chi connectivity index (χ4v) is 3.03. The normalized spacial score (nSPS) is 13.4. The number of nitrogens with zero attached hydrogens (tertiary/aromatic N) is 1. The molecule has 1 amide bonds. The molecule has 5 heteroatoms. The number of rotatable bonds is 6. The molecule has 2 rings (SSSR count). The Balaban J connectivity index is 2.18. The molecule has 0 heterocycles. The number of carbonyl (C=O) groups excluding carboxylic acids is 1. The lowest BCUT2D eigenvalue weighted by Gasteiger charge is -2.31. The van der Waals surface area contributed by atoms with Gasteiger partial charge in [-0.3, -0.25) is 4.79 Å². The molecular weight excluding hydrogens is 422 g/mol. The number of halogens is 2. The highest BCUT2D eigenvalue weighted by molar-refractivity contribution is 9.10. The van der Waals surface area contributed by atoms with Gasteiger partial charge in [-0.1, -0.05) is 74.3 Å². The van der Waals surface area contributed by atoms with Crippen molar-refractivity contribution in [3.8, 4) is 0 Å². The molecule has 0 spiro atoms. The number of alkyl halides is 1. The van der Waals surface area contributed by atoms with Crippen molar-refractivity contribution in [1.82, 2.24) is 4.90 Å². The number of benzene rings is 2. The summed E-state index contributed by atoms with van der Waals surface area (Å²) in [4.78, 5) is 14.0. The molecule has 0 aliphatic heterocycles. The summed E-state index contributed by atoms with van der Waals surface area (Å²) in [6.07, 6.45) is -0.725. The van der Waals surface area contributed by atoms with Gasteiger partial charge in [0.2, 0.25) is 5.91 Å². The summed E-state index contributed by atoms with van der Waals surface area (Å²) in [6.45, 7) is 2.23. The van der Waals surface area contributed by atoms with E-state index in [2.05, 4.69) is 31.9 Å². The van der Waals surface area contributed by atoms with Crippen molar-refractivity contribution >= 4 is 37.8 Å². The molecule has 0 radical (unpaired) electrons. The number of aliphatic hydroxyl groups excluding tert-OH is 1. The lowest BCUT2D eigenvalue weighted by molar-refractivity contribution is -0.132. The average molecular weight is 441 g/mol. The molecule has 0 fully saturated rings. The van der Waals surface area contributed by atoms with Crippen molar-refractivity contribution < 1.29 is 9.90 Å². The van der Waals surface area contributed by atoms with Crippen LogP contribution in [0.25, 0.3) is 0 Å². The first-order chi connectivity index (χ1) is 11.0. The Morgan fingerprint density at radius 1 is 1.09 bits per heavy atom. The molecule has 2 atom stereocenters. The van der Waals surface area contributed by atoms with Gasteiger partial charge in [0.15, 0.2) is 0 Å². The van der Waals surface area contributed by atoms with Crippen LogP contribution in [0.2, 0.25) is 0 Å². The number of hydrogen-bond donors (Lipinski definition) is 1. The van der Waals surface area contributed by atoms with Crippen LogP contribution in [0.15, 0.2) is 59.1 Å². The van der Waals surface area contributed by atoms with E-state index in [0.29, 0.717) is 0 Å². The summed E-state index contributed by atoms with van der Waals surface area (Å²) in [7, 11) is 0. The first-order valence-electron chi connectivity index (χ1n) is 7.37. The first-order valence-corrected chi connectivity index (χ1v) is 9.28. The lowest BCUT2D eigenvalue weighted by Crippen LogP contribution is -2.37. The van der Waals surface area contributed by atoms with Gasteiger partial charge in [0.05, 0.1) is 24.0 Å². The average Bonchev–Trinajstić information content (AvgIpc) is 2.59. The zero-order valence-corrected chi connectivity index (χ0v) is 16.0. The molecule has 0 saturated carbocycles. The van der Waals surface area contributed by atoms with E-state index in [4.69, 9.17) is 0 Å². The molecule has 0 bridgehead atoms. The molecule has 2 aromatic rings. The van der Waals surface area contributed by atoms with Crippen LogP contribution in [-0.2, 0) is 4.79 Å². The Hall–Kier alpha value is -1.17. The van der Waals surface area contributed by atoms with E-state index in [9.17, 15) is 9.90 Å². The summed E-state index contributed by atoms with van der Waals surface area (Å²) >= 11 is 6.61. The van der Waals surface area contributed by atoms with Crippen LogP contribution in [0.3, 0.4) is 0 Å². The van der Waals surface area contributed by atoms with E-state index in [1.165, 1.54) is 0 Å². The molecule has 23 heavy (non-hydrogen) atoms. The second-order valence-corrected chi connectivity index (χ2v) is 6.81. The van der Waals surface area contributed by atoms with Crippen LogP contribution in [-0.4, -0.2) is 27.8 Å². The van der Waals surface area contributed by atoms with Gasteiger partial charge < -0.3 is 10.0 Å². The van der Waals surface area contributed by atoms with Gasteiger partial charge in [-0.2, -0.15) is 0 Å². The second-order valence-electron chi connectivity index (χ2n) is 5.33. The first kappa shape index (κ1) is 18.2. The van der Waals surface area contributed by atoms with Crippen LogP contribution in [0.1, 0.15) is 30.2 Å². The molecular formula is C18H19Br2NO2. The Morgan fingerprint density at radius 2 is 1.70 bits per heavy atom. The SMILES string of the molecule is C[C@@H](c1ccccc1)N(C[C@@H](O)c1ccc(Br)cc1)C(=O)CBr. The molecule has 0 saturated heterocycles. The van der Waals surface area contributed by atoms with Gasteiger partial charge in [0.1, 0.15) is 0 Å². The van der Waals surface area contributed by atoms with Crippen molar-refractivity contribution in [3.05, 3.63) is 70.2 Å². The standard InChI is InChI=1S/C18H19Br2NO2/c1-13(14-5-3-2-4-6-14)21(18(23)11-19)12-17(22)15-7-9-16(20)10-8-15/h2-10,13,17,22H,11-12H2,1H3/t13-,17+/m0/s1. The Morgan fingerprint density at radius 3 is 2.26 bits per heavy atom.